The van der Waals surface area contributed by atoms with Crippen LogP contribution in [0.15, 0.2) is 0 Å². The third-order valence-corrected chi connectivity index (χ3v) is 11.4. The SMILES string of the molecule is CC(C)CC1C(=O)OC(C(C)C)C(=O)N(C)C(CC(C)C)C(=O)OC(C(C)C)C(=O)N(C)C(C(C)C)C(=O)OC(C(C)C)C(=O)N(C)C(CC(C)C)C(=O)OC(C(C)C)C(=O)N1C. The summed E-state index contributed by atoms with van der Waals surface area (Å²) in [7, 11) is 5.62. The minimum atomic E-state index is -1.39. The van der Waals surface area contributed by atoms with Gasteiger partial charge in [-0.05, 0) is 66.6 Å². The van der Waals surface area contributed by atoms with Crippen molar-refractivity contribution in [1.29, 1.82) is 0 Å². The van der Waals surface area contributed by atoms with Crippen molar-refractivity contribution in [3.05, 3.63) is 0 Å². The standard InChI is InChI=1S/C47H82N4O12/c1-24(2)21-32-44(56)60-37(29(11)12)41(53)49(18)34(23-26(5)6)46(58)62-39(31(15)16)43(55)51(20)35(27(7)8)47(59)63-38(30(13)14)42(54)50(19)33(22-25(3)4)45(57)61-36(28(9)10)40(52)48(32)17/h24-39H,21-23H2,1-20H3. The zero-order valence-corrected chi connectivity index (χ0v) is 42.0. The Balaban J connectivity index is 4.20. The summed E-state index contributed by atoms with van der Waals surface area (Å²) in [6, 6.07) is -4.86. The third kappa shape index (κ3) is 15.5. The van der Waals surface area contributed by atoms with E-state index >= 15 is 0 Å². The van der Waals surface area contributed by atoms with Crippen LogP contribution in [0.3, 0.4) is 0 Å². The van der Waals surface area contributed by atoms with Gasteiger partial charge in [-0.1, -0.05) is 111 Å². The van der Waals surface area contributed by atoms with Crippen molar-refractivity contribution in [2.45, 2.75) is 179 Å². The van der Waals surface area contributed by atoms with Gasteiger partial charge in [-0.15, -0.1) is 0 Å². The molecule has 362 valence electrons. The molecule has 16 heteroatoms. The maximum Gasteiger partial charge on any atom is 0.329 e. The summed E-state index contributed by atoms with van der Waals surface area (Å²) in [6.45, 7) is 28.1. The molecule has 4 amide bonds. The van der Waals surface area contributed by atoms with Crippen LogP contribution < -0.4 is 0 Å². The summed E-state index contributed by atoms with van der Waals surface area (Å²) in [5.74, 6) is -9.50. The molecule has 0 aromatic rings. The van der Waals surface area contributed by atoms with E-state index in [9.17, 15) is 38.4 Å². The normalized spacial score (nSPS) is 26.8. The average molecular weight is 895 g/mol. The molecular formula is C47H82N4O12. The highest BCUT2D eigenvalue weighted by Gasteiger charge is 2.45. The Morgan fingerprint density at radius 3 is 0.730 bits per heavy atom. The predicted molar refractivity (Wildman–Crippen MR) is 238 cm³/mol. The van der Waals surface area contributed by atoms with E-state index in [1.807, 2.05) is 41.5 Å². The molecule has 8 atom stereocenters. The number of esters is 4. The molecule has 16 nitrogen and oxygen atoms in total. The molecule has 0 aromatic heterocycles. The maximum absolute atomic E-state index is 14.4. The first-order chi connectivity index (χ1) is 28.9. The number of hydrogen-bond donors (Lipinski definition) is 0. The van der Waals surface area contributed by atoms with Crippen molar-refractivity contribution in [2.75, 3.05) is 28.2 Å². The lowest BCUT2D eigenvalue weighted by Crippen LogP contribution is -2.56. The molecule has 0 saturated carbocycles. The lowest BCUT2D eigenvalue weighted by atomic mass is 9.98. The molecule has 0 aliphatic carbocycles. The summed E-state index contributed by atoms with van der Waals surface area (Å²) in [4.78, 5) is 119. The number of amides is 4. The van der Waals surface area contributed by atoms with Crippen LogP contribution in [0, 0.1) is 47.3 Å². The van der Waals surface area contributed by atoms with Crippen LogP contribution in [0.25, 0.3) is 0 Å². The number of cyclic esters (lactones) is 4. The van der Waals surface area contributed by atoms with Crippen molar-refractivity contribution in [1.82, 2.24) is 19.6 Å². The molecule has 1 aliphatic heterocycles. The topological polar surface area (TPSA) is 186 Å². The molecule has 63 heavy (non-hydrogen) atoms. The fourth-order valence-electron chi connectivity index (χ4n) is 7.55. The number of carbonyl (C=O) groups excluding carboxylic acids is 8. The number of rotatable bonds is 11. The summed E-state index contributed by atoms with van der Waals surface area (Å²) < 4.78 is 23.9. The van der Waals surface area contributed by atoms with Crippen molar-refractivity contribution in [3.8, 4) is 0 Å². The van der Waals surface area contributed by atoms with Gasteiger partial charge in [0, 0.05) is 28.2 Å². The van der Waals surface area contributed by atoms with Gasteiger partial charge in [0.2, 0.25) is 0 Å². The minimum Gasteiger partial charge on any atom is -0.450 e. The van der Waals surface area contributed by atoms with Crippen LogP contribution in [0.2, 0.25) is 0 Å². The highest BCUT2D eigenvalue weighted by Crippen LogP contribution is 2.26. The summed E-state index contributed by atoms with van der Waals surface area (Å²) in [5, 5.41) is 0. The third-order valence-electron chi connectivity index (χ3n) is 11.4. The second-order valence-electron chi connectivity index (χ2n) is 20.3. The molecule has 0 N–H and O–H groups in total. The molecule has 0 spiro atoms. The Morgan fingerprint density at radius 2 is 0.540 bits per heavy atom. The van der Waals surface area contributed by atoms with E-state index in [1.54, 1.807) is 69.2 Å². The number of carbonyl (C=O) groups is 8. The smallest absolute Gasteiger partial charge is 0.329 e. The number of ether oxygens (including phenoxy) is 4. The van der Waals surface area contributed by atoms with Crippen molar-refractivity contribution in [3.63, 3.8) is 0 Å². The second-order valence-corrected chi connectivity index (χ2v) is 20.3. The quantitative estimate of drug-likeness (QED) is 0.191. The summed E-state index contributed by atoms with van der Waals surface area (Å²) in [5.41, 5.74) is 0. The fraction of sp³-hybridized carbons (Fsp3) is 0.830. The van der Waals surface area contributed by atoms with E-state index in [0.29, 0.717) is 0 Å². The van der Waals surface area contributed by atoms with Gasteiger partial charge in [0.25, 0.3) is 23.6 Å². The van der Waals surface area contributed by atoms with E-state index in [1.165, 1.54) is 42.9 Å². The average Bonchev–Trinajstić information content (AvgIpc) is 3.16. The van der Waals surface area contributed by atoms with Gasteiger partial charge in [0.05, 0.1) is 0 Å². The maximum atomic E-state index is 14.4. The number of likely N-dealkylation sites (N-methyl/N-ethyl adjacent to an activating group) is 4. The van der Waals surface area contributed by atoms with E-state index in [0.717, 1.165) is 4.90 Å². The van der Waals surface area contributed by atoms with E-state index in [4.69, 9.17) is 18.9 Å². The first-order valence-corrected chi connectivity index (χ1v) is 22.8. The lowest BCUT2D eigenvalue weighted by molar-refractivity contribution is -0.180. The van der Waals surface area contributed by atoms with E-state index in [2.05, 4.69) is 0 Å². The van der Waals surface area contributed by atoms with Crippen molar-refractivity contribution in [2.24, 2.45) is 47.3 Å². The van der Waals surface area contributed by atoms with Crippen molar-refractivity contribution < 1.29 is 57.3 Å². The van der Waals surface area contributed by atoms with Crippen LogP contribution in [-0.2, 0) is 57.3 Å². The minimum absolute atomic E-state index is 0.129. The Bertz CT molecular complexity index is 1570. The Morgan fingerprint density at radius 1 is 0.333 bits per heavy atom. The van der Waals surface area contributed by atoms with Gasteiger partial charge < -0.3 is 38.5 Å². The van der Waals surface area contributed by atoms with E-state index < -0.39 is 126 Å². The molecule has 8 unspecified atom stereocenters. The zero-order chi connectivity index (χ0) is 49.1. The first-order valence-electron chi connectivity index (χ1n) is 22.8. The first kappa shape index (κ1) is 56.8. The molecule has 0 radical (unpaired) electrons. The van der Waals surface area contributed by atoms with Crippen molar-refractivity contribution >= 4 is 47.5 Å². The molecule has 1 rings (SSSR count). The molecule has 1 fully saturated rings. The van der Waals surface area contributed by atoms with Gasteiger partial charge in [0.15, 0.2) is 24.4 Å². The van der Waals surface area contributed by atoms with Gasteiger partial charge in [-0.25, -0.2) is 19.2 Å². The Kier molecular flexibility index (Phi) is 22.3. The van der Waals surface area contributed by atoms with Gasteiger partial charge in [-0.2, -0.15) is 0 Å². The zero-order valence-electron chi connectivity index (χ0n) is 42.0. The number of hydrogen-bond acceptors (Lipinski definition) is 12. The van der Waals surface area contributed by atoms with Crippen LogP contribution in [0.1, 0.15) is 130 Å². The molecular weight excluding hydrogens is 813 g/mol. The lowest BCUT2D eigenvalue weighted by Gasteiger charge is -2.37. The second kappa shape index (κ2) is 24.7. The highest BCUT2D eigenvalue weighted by molar-refractivity contribution is 5.94. The van der Waals surface area contributed by atoms with Crippen LogP contribution in [0.5, 0.6) is 0 Å². The van der Waals surface area contributed by atoms with E-state index in [-0.39, 0.29) is 37.0 Å². The monoisotopic (exact) mass is 895 g/mol. The Labute approximate surface area is 377 Å². The van der Waals surface area contributed by atoms with Gasteiger partial charge in [0.1, 0.15) is 24.2 Å². The molecule has 0 aromatic carbocycles. The largest absolute Gasteiger partial charge is 0.450 e. The van der Waals surface area contributed by atoms with Gasteiger partial charge >= 0.3 is 23.9 Å². The Hall–Kier alpha value is -4.24. The van der Waals surface area contributed by atoms with Crippen LogP contribution in [-0.4, -0.2) is 144 Å². The molecule has 0 bridgehead atoms. The van der Waals surface area contributed by atoms with Gasteiger partial charge in [-0.3, -0.25) is 19.2 Å². The molecule has 1 saturated heterocycles. The summed E-state index contributed by atoms with van der Waals surface area (Å²) in [6.07, 6.45) is -5.16. The predicted octanol–water partition coefficient (Wildman–Crippen LogP) is 5.37. The number of nitrogens with zero attached hydrogens (tertiary/aromatic N) is 4. The van der Waals surface area contributed by atoms with Crippen LogP contribution in [0.4, 0.5) is 0 Å². The highest BCUT2D eigenvalue weighted by atomic mass is 16.6. The van der Waals surface area contributed by atoms with Crippen LogP contribution >= 0.6 is 0 Å². The molecule has 1 heterocycles. The summed E-state index contributed by atoms with van der Waals surface area (Å²) >= 11 is 0. The molecule has 1 aliphatic rings. The fourth-order valence-corrected chi connectivity index (χ4v) is 7.55.